The maximum Gasteiger partial charge on any atom is 0.165 e. The van der Waals surface area contributed by atoms with E-state index in [1.54, 1.807) is 0 Å². The molecule has 7 nitrogen and oxygen atoms in total. The highest BCUT2D eigenvalue weighted by Gasteiger charge is 2.37. The molecule has 1 aliphatic heterocycles. The molecule has 1 aliphatic carbocycles. The van der Waals surface area contributed by atoms with Crippen molar-refractivity contribution in [1.82, 2.24) is 0 Å². The third-order valence-electron chi connectivity index (χ3n) is 7.44. The molecule has 1 fully saturated rings. The van der Waals surface area contributed by atoms with Crippen LogP contribution in [0.3, 0.4) is 0 Å². The molecule has 3 N–H and O–H groups in total. The Morgan fingerprint density at radius 3 is 2.49 bits per heavy atom. The lowest BCUT2D eigenvalue weighted by Gasteiger charge is -2.27. The van der Waals surface area contributed by atoms with E-state index in [1.165, 1.54) is 13.2 Å². The van der Waals surface area contributed by atoms with Gasteiger partial charge in [0.15, 0.2) is 5.78 Å². The second kappa shape index (κ2) is 12.6. The van der Waals surface area contributed by atoms with Crippen LogP contribution >= 0.6 is 0 Å². The fourth-order valence-corrected chi connectivity index (χ4v) is 5.26. The van der Waals surface area contributed by atoms with Crippen LogP contribution in [-0.2, 0) is 20.7 Å². The van der Waals surface area contributed by atoms with Gasteiger partial charge in [-0.1, -0.05) is 73.5 Å². The van der Waals surface area contributed by atoms with Crippen LogP contribution in [0.5, 0.6) is 5.75 Å². The fraction of sp³-hybridized carbons (Fsp3) is 0.467. The smallest absolute Gasteiger partial charge is 0.165 e. The van der Waals surface area contributed by atoms with Crippen LogP contribution in [0.1, 0.15) is 37.7 Å². The number of ketones is 2. The van der Waals surface area contributed by atoms with Crippen molar-refractivity contribution in [2.75, 3.05) is 13.7 Å². The highest BCUT2D eigenvalue weighted by molar-refractivity contribution is 5.92. The molecule has 0 aromatic heterocycles. The Kier molecular flexibility index (Phi) is 9.27. The number of para-hydroxylation sites is 1. The minimum Gasteiger partial charge on any atom is -0.492 e. The topological polar surface area (TPSA) is 113 Å². The molecule has 0 radical (unpaired) electrons. The van der Waals surface area contributed by atoms with E-state index in [0.717, 1.165) is 42.4 Å². The molecule has 2 aliphatic rings. The third kappa shape index (κ3) is 6.54. The van der Waals surface area contributed by atoms with E-state index in [0.29, 0.717) is 11.7 Å². The standard InChI is InChI=1S/C30H36O7/c1-36-30(28(35)27(34)24(31)15-14-19-8-5-6-9-19)26(33)17-22-18-37-29-21(16-25(22)32)12-7-13-23(29)20-10-3-2-4-11-20/h2-4,7,10-15,19,22,24,27-28,30-31,34-35H,5-6,8-9,16-18H2,1H3/b15-14+/t22-,24+,27-,28+,30-/m0/s1. The Morgan fingerprint density at radius 1 is 1.05 bits per heavy atom. The predicted octanol–water partition coefficient (Wildman–Crippen LogP) is 3.28. The first-order valence-corrected chi connectivity index (χ1v) is 13.0. The van der Waals surface area contributed by atoms with Crippen LogP contribution in [0.4, 0.5) is 0 Å². The second-order valence-electron chi connectivity index (χ2n) is 10.0. The zero-order valence-electron chi connectivity index (χ0n) is 21.2. The SMILES string of the molecule is CO[C@@H](C(=O)C[C@H]1COc2c(cccc2-c2ccccc2)CC1=O)[C@H](O)[C@@H](O)[C@H](O)/C=C/C1CCCC1. The van der Waals surface area contributed by atoms with Crippen molar-refractivity contribution in [3.63, 3.8) is 0 Å². The van der Waals surface area contributed by atoms with Crippen molar-refractivity contribution < 1.29 is 34.4 Å². The number of allylic oxidation sites excluding steroid dienone is 1. The maximum atomic E-state index is 13.1. The maximum absolute atomic E-state index is 13.1. The van der Waals surface area contributed by atoms with E-state index in [-0.39, 0.29) is 25.2 Å². The first-order chi connectivity index (χ1) is 17.9. The van der Waals surface area contributed by atoms with Crippen molar-refractivity contribution in [2.45, 2.75) is 62.9 Å². The van der Waals surface area contributed by atoms with Crippen LogP contribution in [0, 0.1) is 11.8 Å². The predicted molar refractivity (Wildman–Crippen MR) is 139 cm³/mol. The summed E-state index contributed by atoms with van der Waals surface area (Å²) in [5, 5.41) is 31.5. The molecule has 2 aromatic carbocycles. The van der Waals surface area contributed by atoms with E-state index in [9.17, 15) is 24.9 Å². The van der Waals surface area contributed by atoms with Crippen LogP contribution in [0.25, 0.3) is 11.1 Å². The van der Waals surface area contributed by atoms with Gasteiger partial charge >= 0.3 is 0 Å². The van der Waals surface area contributed by atoms with Crippen molar-refractivity contribution in [3.8, 4) is 16.9 Å². The molecule has 1 saturated carbocycles. The van der Waals surface area contributed by atoms with E-state index in [4.69, 9.17) is 9.47 Å². The zero-order valence-corrected chi connectivity index (χ0v) is 21.2. The Balaban J connectivity index is 1.41. The van der Waals surface area contributed by atoms with Gasteiger partial charge in [-0.05, 0) is 24.3 Å². The van der Waals surface area contributed by atoms with Gasteiger partial charge in [-0.15, -0.1) is 0 Å². The number of Topliss-reactive ketones (excluding diaryl/α,β-unsaturated/α-hetero) is 2. The molecule has 198 valence electrons. The Bertz CT molecular complexity index is 1090. The van der Waals surface area contributed by atoms with Gasteiger partial charge in [-0.3, -0.25) is 9.59 Å². The van der Waals surface area contributed by atoms with E-state index in [2.05, 4.69) is 0 Å². The van der Waals surface area contributed by atoms with E-state index in [1.807, 2.05) is 54.6 Å². The number of carbonyl (C=O) groups excluding carboxylic acids is 2. The average molecular weight is 509 g/mol. The number of methoxy groups -OCH3 is 1. The summed E-state index contributed by atoms with van der Waals surface area (Å²) < 4.78 is 11.3. The second-order valence-corrected chi connectivity index (χ2v) is 10.0. The van der Waals surface area contributed by atoms with Crippen LogP contribution in [-0.4, -0.2) is 65.0 Å². The highest BCUT2D eigenvalue weighted by Crippen LogP contribution is 2.36. The van der Waals surface area contributed by atoms with Gasteiger partial charge in [0.1, 0.15) is 35.9 Å². The summed E-state index contributed by atoms with van der Waals surface area (Å²) in [5.41, 5.74) is 2.61. The van der Waals surface area contributed by atoms with Crippen molar-refractivity contribution >= 4 is 11.6 Å². The van der Waals surface area contributed by atoms with E-state index < -0.39 is 36.1 Å². The molecule has 0 spiro atoms. The number of hydrogen-bond acceptors (Lipinski definition) is 7. The summed E-state index contributed by atoms with van der Waals surface area (Å²) >= 11 is 0. The first-order valence-electron chi connectivity index (χ1n) is 13.0. The normalized spacial score (nSPS) is 21.6. The number of carbonyl (C=O) groups is 2. The fourth-order valence-electron chi connectivity index (χ4n) is 5.26. The molecule has 0 amide bonds. The number of aliphatic hydroxyl groups excluding tert-OH is 3. The van der Waals surface area contributed by atoms with Gasteiger partial charge in [0.25, 0.3) is 0 Å². The summed E-state index contributed by atoms with van der Waals surface area (Å²) in [6, 6.07) is 15.4. The van der Waals surface area contributed by atoms with Crippen LogP contribution < -0.4 is 4.74 Å². The Hall–Kier alpha value is -2.84. The first kappa shape index (κ1) is 27.2. The van der Waals surface area contributed by atoms with Gasteiger partial charge in [-0.25, -0.2) is 0 Å². The number of benzene rings is 2. The molecular weight excluding hydrogens is 472 g/mol. The summed E-state index contributed by atoms with van der Waals surface area (Å²) in [6.45, 7) is 0.0171. The minimum absolute atomic E-state index is 0.0171. The lowest BCUT2D eigenvalue weighted by atomic mass is 9.90. The third-order valence-corrected chi connectivity index (χ3v) is 7.44. The molecule has 0 bridgehead atoms. The largest absolute Gasteiger partial charge is 0.492 e. The molecule has 1 heterocycles. The minimum atomic E-state index is -1.65. The van der Waals surface area contributed by atoms with Gasteiger partial charge < -0.3 is 24.8 Å². The molecule has 0 saturated heterocycles. The van der Waals surface area contributed by atoms with Gasteiger partial charge in [0, 0.05) is 31.1 Å². The lowest BCUT2D eigenvalue weighted by molar-refractivity contribution is -0.149. The number of rotatable bonds is 10. The molecule has 5 atom stereocenters. The van der Waals surface area contributed by atoms with Crippen LogP contribution in [0.2, 0.25) is 0 Å². The molecule has 2 aromatic rings. The number of fused-ring (bicyclic) bond motifs is 1. The Labute approximate surface area is 217 Å². The summed E-state index contributed by atoms with van der Waals surface area (Å²) in [7, 11) is 1.26. The summed E-state index contributed by atoms with van der Waals surface area (Å²) in [5.74, 6) is -0.406. The van der Waals surface area contributed by atoms with Crippen molar-refractivity contribution in [2.24, 2.45) is 11.8 Å². The summed E-state index contributed by atoms with van der Waals surface area (Å²) in [6.07, 6.45) is 1.63. The van der Waals surface area contributed by atoms with Gasteiger partial charge in [-0.2, -0.15) is 0 Å². The Morgan fingerprint density at radius 2 is 1.78 bits per heavy atom. The van der Waals surface area contributed by atoms with Gasteiger partial charge in [0.2, 0.25) is 0 Å². The van der Waals surface area contributed by atoms with E-state index >= 15 is 0 Å². The molecule has 4 rings (SSSR count). The molecule has 0 unspecified atom stereocenters. The van der Waals surface area contributed by atoms with Crippen molar-refractivity contribution in [3.05, 3.63) is 66.2 Å². The molecule has 37 heavy (non-hydrogen) atoms. The van der Waals surface area contributed by atoms with Gasteiger partial charge in [0.05, 0.1) is 12.5 Å². The monoisotopic (exact) mass is 508 g/mol. The average Bonchev–Trinajstić information content (AvgIpc) is 3.38. The quantitative estimate of drug-likeness (QED) is 0.422. The zero-order chi connectivity index (χ0) is 26.4. The highest BCUT2D eigenvalue weighted by atomic mass is 16.5. The molecule has 7 heteroatoms. The summed E-state index contributed by atoms with van der Waals surface area (Å²) in [4.78, 5) is 26.2. The number of aliphatic hydroxyl groups is 3. The van der Waals surface area contributed by atoms with Crippen molar-refractivity contribution in [1.29, 1.82) is 0 Å². The molecular formula is C30H36O7. The van der Waals surface area contributed by atoms with Crippen LogP contribution in [0.15, 0.2) is 60.7 Å². The lowest BCUT2D eigenvalue weighted by Crippen LogP contribution is -2.48. The number of hydrogen-bond donors (Lipinski definition) is 3. The number of ether oxygens (including phenoxy) is 2.